The summed E-state index contributed by atoms with van der Waals surface area (Å²) in [5, 5.41) is 8.93. The lowest BCUT2D eigenvalue weighted by Crippen LogP contribution is -2.22. The van der Waals surface area contributed by atoms with E-state index in [1.165, 1.54) is 22.3 Å². The van der Waals surface area contributed by atoms with Gasteiger partial charge in [0, 0.05) is 23.2 Å². The summed E-state index contributed by atoms with van der Waals surface area (Å²) in [4.78, 5) is 42.4. The molecule has 0 spiro atoms. The van der Waals surface area contributed by atoms with Crippen LogP contribution in [-0.2, 0) is 19.3 Å². The molecule has 3 aliphatic rings. The highest BCUT2D eigenvalue weighted by molar-refractivity contribution is 7.23. The zero-order chi connectivity index (χ0) is 34.8. The van der Waals surface area contributed by atoms with Gasteiger partial charge in [-0.2, -0.15) is 0 Å². The molecule has 0 radical (unpaired) electrons. The van der Waals surface area contributed by atoms with E-state index < -0.39 is 5.76 Å². The van der Waals surface area contributed by atoms with Crippen LogP contribution in [0.2, 0.25) is 0 Å². The molecule has 1 saturated heterocycles. The number of rotatable bonds is 9. The number of fused-ring (bicyclic) bond motifs is 5. The molecule has 0 saturated carbocycles. The highest BCUT2D eigenvalue weighted by Gasteiger charge is 2.44. The summed E-state index contributed by atoms with van der Waals surface area (Å²) < 4.78 is 11.7. The van der Waals surface area contributed by atoms with E-state index in [1.807, 2.05) is 29.3 Å². The number of aryl methyl sites for hydroxylation is 2. The van der Waals surface area contributed by atoms with Gasteiger partial charge in [0.2, 0.25) is 0 Å². The molecule has 2 aliphatic heterocycles. The second-order valence-corrected chi connectivity index (χ2v) is 15.1. The van der Waals surface area contributed by atoms with Crippen LogP contribution >= 0.6 is 11.3 Å². The molecule has 1 fully saturated rings. The van der Waals surface area contributed by atoms with Crippen molar-refractivity contribution < 1.29 is 14.1 Å². The molecular formula is C40H38N6O4S. The second-order valence-electron chi connectivity index (χ2n) is 14.0. The van der Waals surface area contributed by atoms with Crippen molar-refractivity contribution in [1.29, 1.82) is 0 Å². The number of pyridine rings is 2. The second kappa shape index (κ2) is 12.5. The van der Waals surface area contributed by atoms with Crippen LogP contribution in [0.15, 0.2) is 70.1 Å². The van der Waals surface area contributed by atoms with Crippen molar-refractivity contribution in [3.63, 3.8) is 0 Å². The summed E-state index contributed by atoms with van der Waals surface area (Å²) in [5.74, 6) is 1.76. The predicted molar refractivity (Wildman–Crippen MR) is 198 cm³/mol. The van der Waals surface area contributed by atoms with Crippen LogP contribution in [0, 0.1) is 0 Å². The maximum absolute atomic E-state index is 14.3. The molecule has 6 heterocycles. The third-order valence-corrected chi connectivity index (χ3v) is 11.9. The average molecular weight is 699 g/mol. The quantitative estimate of drug-likeness (QED) is 0.156. The normalized spacial score (nSPS) is 17.7. The Morgan fingerprint density at radius 2 is 1.92 bits per heavy atom. The molecule has 2 N–H and O–H groups in total. The fraction of sp³-hybridized carbons (Fsp3) is 0.325. The minimum absolute atomic E-state index is 0.0247. The van der Waals surface area contributed by atoms with E-state index in [0.717, 1.165) is 75.6 Å². The third kappa shape index (κ3) is 5.33. The van der Waals surface area contributed by atoms with Gasteiger partial charge in [0.25, 0.3) is 5.91 Å². The minimum Gasteiger partial charge on any atom is -0.496 e. The summed E-state index contributed by atoms with van der Waals surface area (Å²) in [7, 11) is 1.72. The molecule has 9 rings (SSSR count). The van der Waals surface area contributed by atoms with Gasteiger partial charge in [-0.05, 0) is 90.3 Å². The van der Waals surface area contributed by atoms with Gasteiger partial charge in [-0.15, -0.1) is 11.3 Å². The molecule has 0 bridgehead atoms. The molecule has 1 amide bonds. The van der Waals surface area contributed by atoms with Crippen molar-refractivity contribution in [1.82, 2.24) is 25.0 Å². The van der Waals surface area contributed by atoms with Crippen molar-refractivity contribution in [2.24, 2.45) is 0 Å². The Labute approximate surface area is 298 Å². The van der Waals surface area contributed by atoms with Crippen LogP contribution in [0.25, 0.3) is 31.9 Å². The van der Waals surface area contributed by atoms with Crippen LogP contribution in [0.5, 0.6) is 5.75 Å². The fourth-order valence-corrected chi connectivity index (χ4v) is 9.38. The van der Waals surface area contributed by atoms with Gasteiger partial charge in [0.15, 0.2) is 5.82 Å². The topological polar surface area (TPSA) is 126 Å². The summed E-state index contributed by atoms with van der Waals surface area (Å²) in [5.41, 5.74) is 8.52. The lowest BCUT2D eigenvalue weighted by molar-refractivity contribution is 0.0776. The number of nitrogens with zero attached hydrogens (tertiary/aromatic N) is 4. The lowest BCUT2D eigenvalue weighted by atomic mass is 9.92. The number of ether oxygens (including phenoxy) is 1. The van der Waals surface area contributed by atoms with Crippen molar-refractivity contribution in [2.75, 3.05) is 19.0 Å². The highest BCUT2D eigenvalue weighted by atomic mass is 32.1. The first-order valence-corrected chi connectivity index (χ1v) is 18.5. The molecule has 4 aromatic heterocycles. The standard InChI is InChI=1S/C40H38N6O4S/c1-21(2)23-12-9-22(10-13-23)11-15-28-32(37-44-40(48)50-45-37)33(34-35(42-28)29-7-5-19-46(29)39(34)47)31-20-24-17-18-41-38(36(24)51-31)43-27-16-14-26-25(27)6-4-8-30(26)49-3/h4,6,8-10,12-13,17-18,20-21,27,29H,5,7,11,14-16,19H2,1-3H3,(H,41,43)(H,44,45,48). The molecule has 1 aliphatic carbocycles. The van der Waals surface area contributed by atoms with Gasteiger partial charge in [0.05, 0.1) is 46.4 Å². The highest BCUT2D eigenvalue weighted by Crippen LogP contribution is 2.50. The number of aromatic nitrogens is 4. The number of hydrogen-bond donors (Lipinski definition) is 2. The molecule has 51 heavy (non-hydrogen) atoms. The molecule has 2 atom stereocenters. The first-order valence-electron chi connectivity index (χ1n) is 17.7. The predicted octanol–water partition coefficient (Wildman–Crippen LogP) is 8.01. The Hall–Kier alpha value is -5.29. The van der Waals surface area contributed by atoms with E-state index in [4.69, 9.17) is 19.2 Å². The van der Waals surface area contributed by atoms with Crippen molar-refractivity contribution in [2.45, 2.75) is 70.4 Å². The average Bonchev–Trinajstić information content (AvgIpc) is 3.98. The number of thiophene rings is 1. The van der Waals surface area contributed by atoms with Gasteiger partial charge in [-0.1, -0.05) is 55.4 Å². The van der Waals surface area contributed by atoms with Crippen LogP contribution in [0.3, 0.4) is 0 Å². The smallest absolute Gasteiger partial charge is 0.439 e. The van der Waals surface area contributed by atoms with Crippen LogP contribution < -0.4 is 15.8 Å². The van der Waals surface area contributed by atoms with Gasteiger partial charge in [-0.3, -0.25) is 19.3 Å². The van der Waals surface area contributed by atoms with E-state index in [9.17, 15) is 9.59 Å². The SMILES string of the molecule is COc1cccc2c1CCC2Nc1nccc2cc(-c3c4c(nc(CCc5ccc(C(C)C)cc5)c3-c3noc(=O)[nH]3)C3CCCN3C4=O)sc12. The molecule has 2 aromatic carbocycles. The number of hydrogen-bond acceptors (Lipinski definition) is 9. The zero-order valence-corrected chi connectivity index (χ0v) is 29.6. The Balaban J connectivity index is 1.18. The molecule has 10 nitrogen and oxygen atoms in total. The number of nitrogens with one attached hydrogen (secondary N) is 2. The first-order chi connectivity index (χ1) is 24.9. The van der Waals surface area contributed by atoms with E-state index >= 15 is 0 Å². The van der Waals surface area contributed by atoms with Gasteiger partial charge in [0.1, 0.15) is 11.6 Å². The van der Waals surface area contributed by atoms with E-state index in [-0.39, 0.29) is 23.8 Å². The van der Waals surface area contributed by atoms with E-state index in [2.05, 4.69) is 65.7 Å². The number of carbonyl (C=O) groups excluding carboxylic acids is 1. The number of carbonyl (C=O) groups is 1. The summed E-state index contributed by atoms with van der Waals surface area (Å²) in [6.07, 6.45) is 6.84. The number of benzene rings is 2. The van der Waals surface area contributed by atoms with Crippen molar-refractivity contribution >= 4 is 33.1 Å². The van der Waals surface area contributed by atoms with E-state index in [0.29, 0.717) is 30.0 Å². The van der Waals surface area contributed by atoms with E-state index in [1.54, 1.807) is 18.4 Å². The van der Waals surface area contributed by atoms with Gasteiger partial charge < -0.3 is 15.0 Å². The van der Waals surface area contributed by atoms with Crippen molar-refractivity contribution in [3.05, 3.63) is 111 Å². The number of methoxy groups -OCH3 is 1. The van der Waals surface area contributed by atoms with Gasteiger partial charge >= 0.3 is 5.76 Å². The number of amides is 1. The lowest BCUT2D eigenvalue weighted by Gasteiger charge is -2.17. The number of aromatic amines is 1. The Bertz CT molecular complexity index is 2380. The third-order valence-electron chi connectivity index (χ3n) is 10.8. The molecule has 6 aromatic rings. The zero-order valence-electron chi connectivity index (χ0n) is 28.8. The van der Waals surface area contributed by atoms with Gasteiger partial charge in [-0.25, -0.2) is 9.78 Å². The largest absolute Gasteiger partial charge is 0.496 e. The van der Waals surface area contributed by atoms with Crippen LogP contribution in [-0.4, -0.2) is 44.6 Å². The first kappa shape index (κ1) is 31.7. The van der Waals surface area contributed by atoms with Crippen LogP contribution in [0.1, 0.15) is 95.1 Å². The fourth-order valence-electron chi connectivity index (χ4n) is 8.22. The molecule has 2 unspecified atom stereocenters. The molecular weight excluding hydrogens is 661 g/mol. The summed E-state index contributed by atoms with van der Waals surface area (Å²) in [6, 6.07) is 19.1. The summed E-state index contributed by atoms with van der Waals surface area (Å²) >= 11 is 1.59. The Morgan fingerprint density at radius 3 is 2.71 bits per heavy atom. The monoisotopic (exact) mass is 698 g/mol. The Kier molecular flexibility index (Phi) is 7.76. The maximum atomic E-state index is 14.3. The molecule has 258 valence electrons. The molecule has 11 heteroatoms. The number of H-pyrrole nitrogens is 1. The minimum atomic E-state index is -0.654. The maximum Gasteiger partial charge on any atom is 0.439 e. The number of anilines is 1. The van der Waals surface area contributed by atoms with Crippen molar-refractivity contribution in [3.8, 4) is 27.6 Å². The summed E-state index contributed by atoms with van der Waals surface area (Å²) in [6.45, 7) is 5.08. The Morgan fingerprint density at radius 1 is 1.06 bits per heavy atom. The van der Waals surface area contributed by atoms with Crippen LogP contribution in [0.4, 0.5) is 5.82 Å².